The highest BCUT2D eigenvalue weighted by atomic mass is 16.6. The summed E-state index contributed by atoms with van der Waals surface area (Å²) in [6, 6.07) is 0. The molecule has 0 aromatic rings. The zero-order valence-electron chi connectivity index (χ0n) is 9.85. The molecule has 0 fully saturated rings. The maximum atomic E-state index is 10.1. The van der Waals surface area contributed by atoms with E-state index in [1.54, 1.807) is 13.0 Å². The fourth-order valence-corrected chi connectivity index (χ4v) is 0.507. The third kappa shape index (κ3) is 16.5. The molecule has 18 heavy (non-hydrogen) atoms. The first-order valence-electron chi connectivity index (χ1n) is 4.74. The van der Waals surface area contributed by atoms with E-state index >= 15 is 0 Å². The van der Waals surface area contributed by atoms with Crippen molar-refractivity contribution in [2.75, 3.05) is 7.11 Å². The Morgan fingerprint density at radius 3 is 1.67 bits per heavy atom. The number of carbonyl (C=O) groups excluding carboxylic acids is 3. The summed E-state index contributed by atoms with van der Waals surface area (Å²) in [7, 11) is 1.35. The van der Waals surface area contributed by atoms with Gasteiger partial charge in [0.1, 0.15) is 0 Å². The zero-order chi connectivity index (χ0) is 13.0. The summed E-state index contributed by atoms with van der Waals surface area (Å²) >= 11 is 0. The van der Waals surface area contributed by atoms with Gasteiger partial charge in [-0.15, -0.1) is 0 Å². The van der Waals surface area contributed by atoms with Crippen LogP contribution in [0.5, 0.6) is 0 Å². The van der Waals surface area contributed by atoms with Gasteiger partial charge in [-0.25, -0.2) is 14.4 Å². The lowest BCUT2D eigenvalue weighted by Crippen LogP contribution is -1.96. The second kappa shape index (κ2) is 17.5. The first kappa shape index (κ1) is 25.1. The van der Waals surface area contributed by atoms with Crippen LogP contribution in [0, 0.1) is 0 Å². The number of rotatable bonds is 1. The molecule has 0 N–H and O–H groups in total. The van der Waals surface area contributed by atoms with E-state index in [-0.39, 0.29) is 20.8 Å². The van der Waals surface area contributed by atoms with Gasteiger partial charge in [-0.05, 0) is 6.92 Å². The average molecular weight is 260 g/mol. The van der Waals surface area contributed by atoms with E-state index in [4.69, 9.17) is 0 Å². The van der Waals surface area contributed by atoms with Crippen LogP contribution in [0.1, 0.15) is 35.6 Å². The van der Waals surface area contributed by atoms with Crippen molar-refractivity contribution in [2.45, 2.75) is 35.6 Å². The third-order valence-corrected chi connectivity index (χ3v) is 1.06. The molecule has 0 aromatic heterocycles. The maximum absolute atomic E-state index is 10.1. The van der Waals surface area contributed by atoms with E-state index in [1.165, 1.54) is 13.2 Å². The molecule has 0 saturated carbocycles. The van der Waals surface area contributed by atoms with Gasteiger partial charge in [-0.2, -0.15) is 0 Å². The van der Waals surface area contributed by atoms with Crippen molar-refractivity contribution in [3.8, 4) is 0 Å². The Morgan fingerprint density at radius 2 is 1.56 bits per heavy atom. The van der Waals surface area contributed by atoms with Crippen LogP contribution in [0.4, 0.5) is 0 Å². The largest absolute Gasteiger partial charge is 0.466 e. The zero-order valence-corrected chi connectivity index (χ0v) is 9.85. The lowest BCUT2D eigenvalue weighted by atomic mass is 10.5. The van der Waals surface area contributed by atoms with E-state index < -0.39 is 11.9 Å². The minimum absolute atomic E-state index is 0. The van der Waals surface area contributed by atoms with Gasteiger partial charge in [0.15, 0.2) is 0 Å². The Balaban J connectivity index is -0.0000000871. The molecule has 1 aliphatic heterocycles. The van der Waals surface area contributed by atoms with Gasteiger partial charge in [-0.1, -0.05) is 34.8 Å². The normalized spacial score (nSPS) is 10.9. The van der Waals surface area contributed by atoms with Gasteiger partial charge in [0.2, 0.25) is 0 Å². The number of hydrogen-bond donors (Lipinski definition) is 0. The van der Waals surface area contributed by atoms with Crippen molar-refractivity contribution < 1.29 is 23.9 Å². The van der Waals surface area contributed by atoms with Crippen molar-refractivity contribution in [3.63, 3.8) is 0 Å². The minimum Gasteiger partial charge on any atom is -0.466 e. The number of methoxy groups -OCH3 is 1. The first-order valence-corrected chi connectivity index (χ1v) is 4.74. The molecule has 0 radical (unpaired) electrons. The maximum Gasteiger partial charge on any atom is 0.338 e. The van der Waals surface area contributed by atoms with E-state index in [0.29, 0.717) is 0 Å². The van der Waals surface area contributed by atoms with Crippen LogP contribution in [0.3, 0.4) is 0 Å². The van der Waals surface area contributed by atoms with Gasteiger partial charge in [0.25, 0.3) is 0 Å². The summed E-state index contributed by atoms with van der Waals surface area (Å²) in [5, 5.41) is 0. The van der Waals surface area contributed by atoms with Gasteiger partial charge >= 0.3 is 17.9 Å². The molecule has 0 spiro atoms. The quantitative estimate of drug-likeness (QED) is 0.412. The second-order valence-electron chi connectivity index (χ2n) is 2.10. The molecule has 5 nitrogen and oxygen atoms in total. The molecular weight excluding hydrogens is 236 g/mol. The SMILES string of the molecule is C.C.C/C=C\C(=O)OC.CC.O=C1C=CC(=O)O1. The fraction of sp³-hybridized carbons (Fsp3) is 0.462. The first-order chi connectivity index (χ1) is 7.60. The number of hydrogen-bond acceptors (Lipinski definition) is 5. The smallest absolute Gasteiger partial charge is 0.338 e. The topological polar surface area (TPSA) is 69.7 Å². The highest BCUT2D eigenvalue weighted by Crippen LogP contribution is 1.92. The Kier molecular flexibility index (Phi) is 24.3. The van der Waals surface area contributed by atoms with E-state index in [2.05, 4.69) is 9.47 Å². The van der Waals surface area contributed by atoms with Crippen LogP contribution in [0.2, 0.25) is 0 Å². The van der Waals surface area contributed by atoms with Gasteiger partial charge < -0.3 is 9.47 Å². The molecule has 0 saturated heterocycles. The molecule has 5 heteroatoms. The second-order valence-corrected chi connectivity index (χ2v) is 2.10. The number of ether oxygens (including phenoxy) is 2. The molecule has 0 unspecified atom stereocenters. The van der Waals surface area contributed by atoms with E-state index in [9.17, 15) is 14.4 Å². The number of esters is 3. The standard InChI is InChI=1S/C5H8O2.C4H2O3.C2H6.2CH4/c1-3-4-5(6)7-2;5-3-1-2-4(6)7-3;1-2;;/h3-4H,1-2H3;1-2H;1-2H3;2*1H4/b4-3-;;;;. The summed E-state index contributed by atoms with van der Waals surface area (Å²) < 4.78 is 8.24. The summed E-state index contributed by atoms with van der Waals surface area (Å²) in [6.07, 6.45) is 5.16. The number of allylic oxidation sites excluding steroid dienone is 1. The Bertz CT molecular complexity index is 271. The highest BCUT2D eigenvalue weighted by Gasteiger charge is 2.10. The Labute approximate surface area is 109 Å². The predicted molar refractivity (Wildman–Crippen MR) is 71.9 cm³/mol. The Morgan fingerprint density at radius 1 is 1.17 bits per heavy atom. The van der Waals surface area contributed by atoms with Crippen molar-refractivity contribution in [2.24, 2.45) is 0 Å². The molecule has 106 valence electrons. The van der Waals surface area contributed by atoms with Crippen LogP contribution < -0.4 is 0 Å². The van der Waals surface area contributed by atoms with Crippen molar-refractivity contribution in [1.29, 1.82) is 0 Å². The van der Waals surface area contributed by atoms with E-state index in [1.807, 2.05) is 13.8 Å². The third-order valence-electron chi connectivity index (χ3n) is 1.06. The molecule has 0 bridgehead atoms. The molecule has 1 aliphatic rings. The van der Waals surface area contributed by atoms with Crippen LogP contribution in [-0.4, -0.2) is 25.0 Å². The van der Waals surface area contributed by atoms with Crippen LogP contribution >= 0.6 is 0 Å². The fourth-order valence-electron chi connectivity index (χ4n) is 0.507. The minimum atomic E-state index is -0.579. The highest BCUT2D eigenvalue weighted by molar-refractivity contribution is 6.04. The van der Waals surface area contributed by atoms with Gasteiger partial charge in [0.05, 0.1) is 7.11 Å². The molecule has 0 atom stereocenters. The van der Waals surface area contributed by atoms with Crippen molar-refractivity contribution >= 4 is 17.9 Å². The average Bonchev–Trinajstić information content (AvgIpc) is 2.66. The summed E-state index contributed by atoms with van der Waals surface area (Å²) in [5.41, 5.74) is 0. The summed E-state index contributed by atoms with van der Waals surface area (Å²) in [6.45, 7) is 5.76. The number of cyclic esters (lactones) is 2. The molecule has 0 aliphatic carbocycles. The predicted octanol–water partition coefficient (Wildman–Crippen LogP) is 2.66. The van der Waals surface area contributed by atoms with Crippen LogP contribution in [0.15, 0.2) is 24.3 Å². The number of carbonyl (C=O) groups is 3. The molecule has 1 heterocycles. The molecule has 0 aromatic carbocycles. The van der Waals surface area contributed by atoms with Gasteiger partial charge in [0, 0.05) is 18.2 Å². The van der Waals surface area contributed by atoms with E-state index in [0.717, 1.165) is 12.2 Å². The van der Waals surface area contributed by atoms with Gasteiger partial charge in [-0.3, -0.25) is 0 Å². The molecule has 1 rings (SSSR count). The molecular formula is C13H24O5. The Hall–Kier alpha value is -1.91. The molecule has 0 amide bonds. The lowest BCUT2D eigenvalue weighted by molar-refractivity contribution is -0.150. The van der Waals surface area contributed by atoms with Crippen molar-refractivity contribution in [3.05, 3.63) is 24.3 Å². The summed E-state index contributed by atoms with van der Waals surface area (Å²) in [4.78, 5) is 30.0. The van der Waals surface area contributed by atoms with Crippen molar-refractivity contribution in [1.82, 2.24) is 0 Å². The summed E-state index contributed by atoms with van der Waals surface area (Å²) in [5.74, 6) is -1.46. The van der Waals surface area contributed by atoms with Crippen LogP contribution in [0.25, 0.3) is 0 Å². The van der Waals surface area contributed by atoms with Crippen LogP contribution in [-0.2, 0) is 23.9 Å². The monoisotopic (exact) mass is 260 g/mol. The lowest BCUT2D eigenvalue weighted by Gasteiger charge is -1.84.